The number of aliphatic hydroxyl groups excluding tert-OH is 1. The van der Waals surface area contributed by atoms with Gasteiger partial charge in [-0.3, -0.25) is 9.80 Å². The van der Waals surface area contributed by atoms with Crippen LogP contribution in [-0.4, -0.2) is 65.3 Å². The highest BCUT2D eigenvalue weighted by molar-refractivity contribution is 7.14. The fraction of sp³-hybridized carbons (Fsp3) is 0.643. The van der Waals surface area contributed by atoms with Crippen molar-refractivity contribution >= 4 is 17.3 Å². The molecule has 1 aromatic rings. The Morgan fingerprint density at radius 1 is 1.30 bits per heavy atom. The van der Waals surface area contributed by atoms with Gasteiger partial charge in [0.05, 0.1) is 6.61 Å². The summed E-state index contributed by atoms with van der Waals surface area (Å²) in [6.07, 6.45) is 1.09. The lowest BCUT2D eigenvalue weighted by atomic mass is 10.2. The molecule has 20 heavy (non-hydrogen) atoms. The second-order valence-electron chi connectivity index (χ2n) is 5.19. The predicted octanol–water partition coefficient (Wildman–Crippen LogP) is 1.25. The summed E-state index contributed by atoms with van der Waals surface area (Å²) in [5.74, 6) is -0.839. The lowest BCUT2D eigenvalue weighted by Crippen LogP contribution is -2.32. The molecule has 6 heteroatoms. The van der Waals surface area contributed by atoms with Gasteiger partial charge in [0.25, 0.3) is 0 Å². The maximum absolute atomic E-state index is 11.0. The minimum atomic E-state index is -0.839. The summed E-state index contributed by atoms with van der Waals surface area (Å²) in [5.41, 5.74) is 1.13. The normalized spacial score (nSPS) is 18.1. The Balaban J connectivity index is 1.94. The van der Waals surface area contributed by atoms with E-state index in [1.165, 1.54) is 11.3 Å². The maximum atomic E-state index is 11.0. The van der Waals surface area contributed by atoms with Gasteiger partial charge in [-0.15, -0.1) is 11.3 Å². The lowest BCUT2D eigenvalue weighted by Gasteiger charge is -2.21. The summed E-state index contributed by atoms with van der Waals surface area (Å²) in [5, 5.41) is 18.0. The molecule has 0 radical (unpaired) electrons. The van der Waals surface area contributed by atoms with E-state index in [0.717, 1.165) is 56.1 Å². The van der Waals surface area contributed by atoms with Crippen molar-refractivity contribution in [2.45, 2.75) is 19.9 Å². The van der Waals surface area contributed by atoms with Crippen LogP contribution in [0, 0.1) is 6.92 Å². The predicted molar refractivity (Wildman–Crippen MR) is 79.4 cm³/mol. The molecule has 0 bridgehead atoms. The van der Waals surface area contributed by atoms with Gasteiger partial charge in [-0.25, -0.2) is 4.79 Å². The highest BCUT2D eigenvalue weighted by atomic mass is 32.1. The third kappa shape index (κ3) is 4.02. The number of hydrogen-bond acceptors (Lipinski definition) is 5. The average molecular weight is 298 g/mol. The first-order valence-corrected chi connectivity index (χ1v) is 7.80. The number of nitrogens with zero attached hydrogens (tertiary/aromatic N) is 2. The summed E-state index contributed by atoms with van der Waals surface area (Å²) in [7, 11) is 0. The van der Waals surface area contributed by atoms with Crippen molar-refractivity contribution in [3.8, 4) is 0 Å². The molecule has 0 spiro atoms. The molecule has 5 nitrogen and oxygen atoms in total. The van der Waals surface area contributed by atoms with Gasteiger partial charge in [0, 0.05) is 31.1 Å². The number of carbonyl (C=O) groups is 1. The molecule has 2 heterocycles. The van der Waals surface area contributed by atoms with E-state index in [0.29, 0.717) is 4.88 Å². The molecule has 2 rings (SSSR count). The van der Waals surface area contributed by atoms with Crippen molar-refractivity contribution in [2.75, 3.05) is 39.3 Å². The van der Waals surface area contributed by atoms with E-state index in [9.17, 15) is 4.79 Å². The Bertz CT molecular complexity index is 461. The van der Waals surface area contributed by atoms with E-state index in [1.807, 2.05) is 6.92 Å². The van der Waals surface area contributed by atoms with E-state index < -0.39 is 5.97 Å². The van der Waals surface area contributed by atoms with Gasteiger partial charge < -0.3 is 10.2 Å². The first-order valence-electron chi connectivity index (χ1n) is 6.98. The van der Waals surface area contributed by atoms with Crippen molar-refractivity contribution in [3.63, 3.8) is 0 Å². The topological polar surface area (TPSA) is 64.0 Å². The monoisotopic (exact) mass is 298 g/mol. The minimum absolute atomic E-state index is 0.214. The molecule has 0 saturated carbocycles. The number of aryl methyl sites for hydroxylation is 1. The van der Waals surface area contributed by atoms with Crippen molar-refractivity contribution in [3.05, 3.63) is 21.4 Å². The van der Waals surface area contributed by atoms with Crippen LogP contribution in [0.15, 0.2) is 6.07 Å². The van der Waals surface area contributed by atoms with E-state index in [-0.39, 0.29) is 6.61 Å². The largest absolute Gasteiger partial charge is 0.477 e. The summed E-state index contributed by atoms with van der Waals surface area (Å²) >= 11 is 1.36. The smallest absolute Gasteiger partial charge is 0.345 e. The number of β-amino-alcohol motifs (C(OH)–C–C–N with tert-alkyl or cyclic N) is 1. The number of aliphatic hydroxyl groups is 1. The van der Waals surface area contributed by atoms with Crippen LogP contribution in [0.3, 0.4) is 0 Å². The quantitative estimate of drug-likeness (QED) is 0.857. The van der Waals surface area contributed by atoms with E-state index >= 15 is 0 Å². The first kappa shape index (κ1) is 15.4. The van der Waals surface area contributed by atoms with Crippen LogP contribution in [0.4, 0.5) is 0 Å². The van der Waals surface area contributed by atoms with E-state index in [1.54, 1.807) is 6.07 Å². The highest BCUT2D eigenvalue weighted by Crippen LogP contribution is 2.23. The summed E-state index contributed by atoms with van der Waals surface area (Å²) < 4.78 is 0. The van der Waals surface area contributed by atoms with E-state index in [2.05, 4.69) is 9.80 Å². The fourth-order valence-corrected chi connectivity index (χ4v) is 3.44. The molecule has 0 aliphatic carbocycles. The molecule has 1 aliphatic heterocycles. The first-order chi connectivity index (χ1) is 9.60. The zero-order valence-corrected chi connectivity index (χ0v) is 12.7. The molecular weight excluding hydrogens is 276 g/mol. The third-order valence-corrected chi connectivity index (χ3v) is 4.80. The van der Waals surface area contributed by atoms with Crippen LogP contribution in [0.25, 0.3) is 0 Å². The average Bonchev–Trinajstić information content (AvgIpc) is 2.63. The summed E-state index contributed by atoms with van der Waals surface area (Å²) in [4.78, 5) is 17.2. The number of aromatic carboxylic acids is 1. The molecular formula is C14H22N2O3S. The molecule has 0 aromatic carbocycles. The molecule has 1 aliphatic rings. The second kappa shape index (κ2) is 7.17. The number of rotatable bonds is 5. The molecule has 0 atom stereocenters. The number of hydrogen-bond donors (Lipinski definition) is 2. The Kier molecular flexibility index (Phi) is 5.54. The van der Waals surface area contributed by atoms with Crippen molar-refractivity contribution < 1.29 is 15.0 Å². The lowest BCUT2D eigenvalue weighted by molar-refractivity contribution is 0.0702. The Morgan fingerprint density at radius 3 is 2.65 bits per heavy atom. The van der Waals surface area contributed by atoms with Crippen molar-refractivity contribution in [1.82, 2.24) is 9.80 Å². The van der Waals surface area contributed by atoms with Crippen molar-refractivity contribution in [1.29, 1.82) is 0 Å². The van der Waals surface area contributed by atoms with Gasteiger partial charge in [0.1, 0.15) is 4.88 Å². The van der Waals surface area contributed by atoms with Crippen molar-refractivity contribution in [2.24, 2.45) is 0 Å². The van der Waals surface area contributed by atoms with Gasteiger partial charge in [0.15, 0.2) is 0 Å². The molecule has 1 fully saturated rings. The summed E-state index contributed by atoms with van der Waals surface area (Å²) in [6.45, 7) is 7.76. The van der Waals surface area contributed by atoms with E-state index in [4.69, 9.17) is 10.2 Å². The zero-order valence-electron chi connectivity index (χ0n) is 11.8. The standard InChI is InChI=1S/C14H22N2O3S/c1-11-12(9-13(20-11)14(18)19)10-16-4-2-3-15(5-6-16)7-8-17/h9,17H,2-8,10H2,1H3,(H,18,19). The Labute approximate surface area is 123 Å². The van der Waals surface area contributed by atoms with Crippen LogP contribution in [0.2, 0.25) is 0 Å². The van der Waals surface area contributed by atoms with Gasteiger partial charge in [-0.05, 0) is 38.1 Å². The molecule has 112 valence electrons. The second-order valence-corrected chi connectivity index (χ2v) is 6.45. The van der Waals surface area contributed by atoms with Crippen LogP contribution < -0.4 is 0 Å². The zero-order chi connectivity index (χ0) is 14.5. The van der Waals surface area contributed by atoms with Gasteiger partial charge in [-0.2, -0.15) is 0 Å². The van der Waals surface area contributed by atoms with Gasteiger partial charge in [-0.1, -0.05) is 0 Å². The van der Waals surface area contributed by atoms with Crippen LogP contribution in [-0.2, 0) is 6.54 Å². The Morgan fingerprint density at radius 2 is 2.00 bits per heavy atom. The number of carboxylic acids is 1. The fourth-order valence-electron chi connectivity index (χ4n) is 2.57. The van der Waals surface area contributed by atoms with Gasteiger partial charge >= 0.3 is 5.97 Å². The summed E-state index contributed by atoms with van der Waals surface area (Å²) in [6, 6.07) is 1.80. The molecule has 0 amide bonds. The van der Waals surface area contributed by atoms with Crippen LogP contribution in [0.5, 0.6) is 0 Å². The number of carboxylic acid groups (broad SMARTS) is 1. The van der Waals surface area contributed by atoms with Crippen LogP contribution >= 0.6 is 11.3 Å². The Hall–Kier alpha value is -0.950. The molecule has 2 N–H and O–H groups in total. The molecule has 1 aromatic heterocycles. The third-order valence-electron chi connectivity index (χ3n) is 3.72. The van der Waals surface area contributed by atoms with Gasteiger partial charge in [0.2, 0.25) is 0 Å². The van der Waals surface area contributed by atoms with Crippen LogP contribution in [0.1, 0.15) is 26.5 Å². The SMILES string of the molecule is Cc1sc(C(=O)O)cc1CN1CCCN(CCO)CC1. The minimum Gasteiger partial charge on any atom is -0.477 e. The molecule has 1 saturated heterocycles. The maximum Gasteiger partial charge on any atom is 0.345 e. The molecule has 0 unspecified atom stereocenters. The number of thiophene rings is 1. The highest BCUT2D eigenvalue weighted by Gasteiger charge is 2.17.